The predicted molar refractivity (Wildman–Crippen MR) is 96.2 cm³/mol. The van der Waals surface area contributed by atoms with Gasteiger partial charge in [-0.15, -0.1) is 0 Å². The van der Waals surface area contributed by atoms with E-state index in [1.807, 2.05) is 29.2 Å². The van der Waals surface area contributed by atoms with Gasteiger partial charge in [-0.05, 0) is 12.0 Å². The van der Waals surface area contributed by atoms with E-state index in [0.717, 1.165) is 30.6 Å². The van der Waals surface area contributed by atoms with Crippen LogP contribution in [0.3, 0.4) is 0 Å². The highest BCUT2D eigenvalue weighted by molar-refractivity contribution is 5.77. The zero-order valence-electron chi connectivity index (χ0n) is 15.4. The lowest BCUT2D eigenvalue weighted by molar-refractivity contribution is -0.133. The highest BCUT2D eigenvalue weighted by Crippen LogP contribution is 2.44. The number of amides is 2. The number of hydrogen-bond donors (Lipinski definition) is 1. The van der Waals surface area contributed by atoms with Gasteiger partial charge in [0.2, 0.25) is 11.8 Å². The maximum Gasteiger partial charge on any atom is 0.220 e. The molecule has 1 fully saturated rings. The van der Waals surface area contributed by atoms with Crippen LogP contribution in [0.15, 0.2) is 24.3 Å². The Labute approximate surface area is 149 Å². The molecular weight excluding hydrogens is 316 g/mol. The van der Waals surface area contributed by atoms with Gasteiger partial charge in [0.05, 0.1) is 6.04 Å². The SMILES string of the molecule is CC(=O)N1CCC2(CC1)C[C@@H](NC(=O)CC(C)C)c1ccccc1O2. The maximum atomic E-state index is 12.3. The Morgan fingerprint density at radius 3 is 2.60 bits per heavy atom. The summed E-state index contributed by atoms with van der Waals surface area (Å²) in [7, 11) is 0. The molecular formula is C20H28N2O3. The molecule has 2 heterocycles. The Bertz CT molecular complexity index is 648. The van der Waals surface area contributed by atoms with E-state index >= 15 is 0 Å². The smallest absolute Gasteiger partial charge is 0.220 e. The molecule has 136 valence electrons. The minimum Gasteiger partial charge on any atom is -0.487 e. The van der Waals surface area contributed by atoms with Crippen LogP contribution in [0.5, 0.6) is 5.75 Å². The molecule has 1 aromatic rings. The van der Waals surface area contributed by atoms with Gasteiger partial charge in [0.1, 0.15) is 11.4 Å². The van der Waals surface area contributed by atoms with Crippen LogP contribution >= 0.6 is 0 Å². The fraction of sp³-hybridized carbons (Fsp3) is 0.600. The van der Waals surface area contributed by atoms with Crippen molar-refractivity contribution in [2.24, 2.45) is 5.92 Å². The quantitative estimate of drug-likeness (QED) is 0.917. The summed E-state index contributed by atoms with van der Waals surface area (Å²) in [4.78, 5) is 25.8. The molecule has 0 saturated carbocycles. The zero-order valence-corrected chi connectivity index (χ0v) is 15.4. The Hall–Kier alpha value is -2.04. The molecule has 3 rings (SSSR count). The minimum atomic E-state index is -0.296. The van der Waals surface area contributed by atoms with Crippen molar-refractivity contribution in [3.8, 4) is 5.75 Å². The first kappa shape index (κ1) is 17.8. The van der Waals surface area contributed by atoms with Crippen LogP contribution < -0.4 is 10.1 Å². The lowest BCUT2D eigenvalue weighted by Crippen LogP contribution is -2.53. The second kappa shape index (κ2) is 7.06. The van der Waals surface area contributed by atoms with E-state index in [2.05, 4.69) is 19.2 Å². The van der Waals surface area contributed by atoms with Crippen molar-refractivity contribution in [3.63, 3.8) is 0 Å². The summed E-state index contributed by atoms with van der Waals surface area (Å²) in [6.07, 6.45) is 2.90. The van der Waals surface area contributed by atoms with Gasteiger partial charge in [0, 0.05) is 51.3 Å². The number of benzene rings is 1. The number of nitrogens with one attached hydrogen (secondary N) is 1. The number of likely N-dealkylation sites (tertiary alicyclic amines) is 1. The average molecular weight is 344 g/mol. The van der Waals surface area contributed by atoms with Crippen LogP contribution in [-0.2, 0) is 9.59 Å². The third-order valence-corrected chi connectivity index (χ3v) is 5.25. The van der Waals surface area contributed by atoms with E-state index in [0.29, 0.717) is 25.4 Å². The Kier molecular flexibility index (Phi) is 5.02. The molecule has 25 heavy (non-hydrogen) atoms. The number of carbonyl (C=O) groups is 2. The summed E-state index contributed by atoms with van der Waals surface area (Å²) < 4.78 is 6.39. The van der Waals surface area contributed by atoms with Crippen molar-refractivity contribution in [1.82, 2.24) is 10.2 Å². The topological polar surface area (TPSA) is 58.6 Å². The van der Waals surface area contributed by atoms with E-state index in [1.165, 1.54) is 0 Å². The molecule has 0 aliphatic carbocycles. The van der Waals surface area contributed by atoms with Crippen LogP contribution in [0.2, 0.25) is 0 Å². The predicted octanol–water partition coefficient (Wildman–Crippen LogP) is 3.05. The van der Waals surface area contributed by atoms with Gasteiger partial charge in [-0.25, -0.2) is 0 Å². The second-order valence-electron chi connectivity index (χ2n) is 7.75. The first-order chi connectivity index (χ1) is 11.9. The normalized spacial score (nSPS) is 21.6. The molecule has 1 N–H and O–H groups in total. The first-order valence-corrected chi connectivity index (χ1v) is 9.21. The van der Waals surface area contributed by atoms with Gasteiger partial charge in [0.15, 0.2) is 0 Å². The Morgan fingerprint density at radius 2 is 1.96 bits per heavy atom. The van der Waals surface area contributed by atoms with Crippen LogP contribution in [0.4, 0.5) is 0 Å². The fourth-order valence-corrected chi connectivity index (χ4v) is 3.91. The molecule has 2 amide bonds. The van der Waals surface area contributed by atoms with Gasteiger partial charge < -0.3 is 15.0 Å². The fourth-order valence-electron chi connectivity index (χ4n) is 3.91. The van der Waals surface area contributed by atoms with Gasteiger partial charge in [-0.1, -0.05) is 32.0 Å². The molecule has 2 aliphatic heterocycles. The number of fused-ring (bicyclic) bond motifs is 1. The van der Waals surface area contributed by atoms with Crippen molar-refractivity contribution >= 4 is 11.8 Å². The first-order valence-electron chi connectivity index (χ1n) is 9.21. The summed E-state index contributed by atoms with van der Waals surface area (Å²) in [6, 6.07) is 7.94. The van der Waals surface area contributed by atoms with Gasteiger partial charge in [0.25, 0.3) is 0 Å². The van der Waals surface area contributed by atoms with Gasteiger partial charge in [-0.2, -0.15) is 0 Å². The van der Waals surface area contributed by atoms with E-state index < -0.39 is 0 Å². The molecule has 1 aromatic carbocycles. The molecule has 1 saturated heterocycles. The number of rotatable bonds is 3. The van der Waals surface area contributed by atoms with Crippen LogP contribution in [0.25, 0.3) is 0 Å². The Morgan fingerprint density at radius 1 is 1.28 bits per heavy atom. The minimum absolute atomic E-state index is 0.0277. The highest BCUT2D eigenvalue weighted by atomic mass is 16.5. The van der Waals surface area contributed by atoms with Crippen molar-refractivity contribution in [2.45, 2.75) is 58.1 Å². The summed E-state index contributed by atoms with van der Waals surface area (Å²) in [5.41, 5.74) is 0.759. The van der Waals surface area contributed by atoms with E-state index in [4.69, 9.17) is 4.74 Å². The molecule has 5 nitrogen and oxygen atoms in total. The van der Waals surface area contributed by atoms with E-state index in [9.17, 15) is 9.59 Å². The third kappa shape index (κ3) is 3.97. The van der Waals surface area contributed by atoms with E-state index in [1.54, 1.807) is 6.92 Å². The number of hydrogen-bond acceptors (Lipinski definition) is 3. The van der Waals surface area contributed by atoms with Crippen LogP contribution in [0, 0.1) is 5.92 Å². The van der Waals surface area contributed by atoms with Crippen molar-refractivity contribution < 1.29 is 14.3 Å². The Balaban J connectivity index is 1.79. The van der Waals surface area contributed by atoms with Crippen molar-refractivity contribution in [3.05, 3.63) is 29.8 Å². The maximum absolute atomic E-state index is 12.3. The third-order valence-electron chi connectivity index (χ3n) is 5.25. The standard InChI is InChI=1S/C20H28N2O3/c1-14(2)12-19(24)21-17-13-20(8-10-22(11-9-20)15(3)23)25-18-7-5-4-6-16(17)18/h4-7,14,17H,8-13H2,1-3H3,(H,21,24)/t17-/m1/s1. The molecule has 0 aromatic heterocycles. The number of para-hydroxylation sites is 1. The van der Waals surface area contributed by atoms with Gasteiger partial charge >= 0.3 is 0 Å². The molecule has 0 unspecified atom stereocenters. The monoisotopic (exact) mass is 344 g/mol. The summed E-state index contributed by atoms with van der Waals surface area (Å²) in [5, 5.41) is 3.21. The molecule has 0 radical (unpaired) electrons. The molecule has 1 spiro atoms. The molecule has 2 aliphatic rings. The lowest BCUT2D eigenvalue weighted by atomic mass is 9.80. The lowest BCUT2D eigenvalue weighted by Gasteiger charge is -2.46. The summed E-state index contributed by atoms with van der Waals surface area (Å²) >= 11 is 0. The second-order valence-corrected chi connectivity index (χ2v) is 7.75. The number of nitrogens with zero attached hydrogens (tertiary/aromatic N) is 1. The molecule has 0 bridgehead atoms. The van der Waals surface area contributed by atoms with E-state index in [-0.39, 0.29) is 23.5 Å². The largest absolute Gasteiger partial charge is 0.487 e. The summed E-state index contributed by atoms with van der Waals surface area (Å²) in [5.74, 6) is 1.41. The van der Waals surface area contributed by atoms with Crippen molar-refractivity contribution in [1.29, 1.82) is 0 Å². The highest BCUT2D eigenvalue weighted by Gasteiger charge is 2.44. The zero-order chi connectivity index (χ0) is 18.0. The van der Waals surface area contributed by atoms with Crippen LogP contribution in [0.1, 0.15) is 58.1 Å². The van der Waals surface area contributed by atoms with Crippen molar-refractivity contribution in [2.75, 3.05) is 13.1 Å². The molecule has 1 atom stereocenters. The van der Waals surface area contributed by atoms with Gasteiger partial charge in [-0.3, -0.25) is 9.59 Å². The molecule has 5 heteroatoms. The summed E-state index contributed by atoms with van der Waals surface area (Å²) in [6.45, 7) is 7.14. The van der Waals surface area contributed by atoms with Crippen LogP contribution in [-0.4, -0.2) is 35.4 Å². The number of ether oxygens (including phenoxy) is 1. The average Bonchev–Trinajstić information content (AvgIpc) is 2.54. The number of piperidine rings is 1. The number of carbonyl (C=O) groups excluding carboxylic acids is 2.